The first kappa shape index (κ1) is 18.0. The summed E-state index contributed by atoms with van der Waals surface area (Å²) in [4.78, 5) is 17.0. The zero-order valence-corrected chi connectivity index (χ0v) is 16.6. The van der Waals surface area contributed by atoms with Crippen molar-refractivity contribution in [2.45, 2.75) is 26.3 Å². The second kappa shape index (κ2) is 6.46. The number of rotatable bonds is 3. The van der Waals surface area contributed by atoms with Gasteiger partial charge in [-0.3, -0.25) is 9.69 Å². The van der Waals surface area contributed by atoms with Crippen LogP contribution >= 0.6 is 24.0 Å². The molecule has 2 aliphatic rings. The van der Waals surface area contributed by atoms with Crippen molar-refractivity contribution >= 4 is 51.5 Å². The summed E-state index contributed by atoms with van der Waals surface area (Å²) in [6.07, 6.45) is 5.90. The summed E-state index contributed by atoms with van der Waals surface area (Å²) in [5.41, 5.74) is 4.68. The van der Waals surface area contributed by atoms with Crippen LogP contribution in [0.1, 0.15) is 31.9 Å². The Kier molecular flexibility index (Phi) is 4.64. The van der Waals surface area contributed by atoms with E-state index in [-0.39, 0.29) is 11.4 Å². The fraction of sp³-hybridized carbons (Fsp3) is 0.300. The van der Waals surface area contributed by atoms with Gasteiger partial charge < -0.3 is 4.90 Å². The summed E-state index contributed by atoms with van der Waals surface area (Å²) < 4.78 is 0.590. The van der Waals surface area contributed by atoms with E-state index in [1.807, 2.05) is 6.08 Å². The van der Waals surface area contributed by atoms with E-state index >= 15 is 0 Å². The van der Waals surface area contributed by atoms with E-state index in [1.54, 1.807) is 11.0 Å². The predicted octanol–water partition coefficient (Wildman–Crippen LogP) is 4.71. The lowest BCUT2D eigenvalue weighted by Gasteiger charge is -2.40. The van der Waals surface area contributed by atoms with Gasteiger partial charge in [0, 0.05) is 24.8 Å². The maximum Gasteiger partial charge on any atom is 0.266 e. The van der Waals surface area contributed by atoms with Gasteiger partial charge in [-0.05, 0) is 50.1 Å². The third-order valence-corrected chi connectivity index (χ3v) is 6.10. The molecule has 1 amide bonds. The van der Waals surface area contributed by atoms with Crippen LogP contribution in [-0.2, 0) is 4.79 Å². The number of hydrogen-bond donors (Lipinski definition) is 0. The molecule has 1 aromatic carbocycles. The van der Waals surface area contributed by atoms with E-state index in [9.17, 15) is 4.79 Å². The SMILES string of the molecule is C=CCN1C(=O)/C(=C\c2ccc3c(c2)C(C)=CC(C)(C)N3C)SC1=S. The van der Waals surface area contributed by atoms with E-state index in [2.05, 4.69) is 63.6 Å². The van der Waals surface area contributed by atoms with Gasteiger partial charge >= 0.3 is 0 Å². The molecule has 0 aliphatic carbocycles. The molecule has 25 heavy (non-hydrogen) atoms. The summed E-state index contributed by atoms with van der Waals surface area (Å²) in [7, 11) is 2.11. The molecule has 130 valence electrons. The van der Waals surface area contributed by atoms with Gasteiger partial charge in [-0.1, -0.05) is 42.2 Å². The number of allylic oxidation sites excluding steroid dienone is 1. The molecule has 3 nitrogen and oxygen atoms in total. The number of likely N-dealkylation sites (N-methyl/N-ethyl adjacent to an activating group) is 1. The average Bonchev–Trinajstić information content (AvgIpc) is 2.80. The topological polar surface area (TPSA) is 23.6 Å². The first-order valence-electron chi connectivity index (χ1n) is 8.18. The molecule has 0 atom stereocenters. The van der Waals surface area contributed by atoms with E-state index in [4.69, 9.17) is 12.2 Å². The van der Waals surface area contributed by atoms with Gasteiger partial charge in [0.05, 0.1) is 10.4 Å². The number of carbonyl (C=O) groups excluding carboxylic acids is 1. The molecule has 2 heterocycles. The Bertz CT molecular complexity index is 836. The Morgan fingerprint density at radius 1 is 1.36 bits per heavy atom. The lowest BCUT2D eigenvalue weighted by Crippen LogP contribution is -2.42. The lowest BCUT2D eigenvalue weighted by atomic mass is 9.88. The van der Waals surface area contributed by atoms with Crippen LogP contribution in [0.25, 0.3) is 11.6 Å². The Hall–Kier alpha value is -1.85. The number of carbonyl (C=O) groups is 1. The molecule has 0 radical (unpaired) electrons. The monoisotopic (exact) mass is 370 g/mol. The molecule has 0 N–H and O–H groups in total. The molecule has 0 spiro atoms. The molecule has 0 unspecified atom stereocenters. The molecule has 3 rings (SSSR count). The van der Waals surface area contributed by atoms with Crippen LogP contribution in [-0.4, -0.2) is 34.3 Å². The lowest BCUT2D eigenvalue weighted by molar-refractivity contribution is -0.121. The van der Waals surface area contributed by atoms with Gasteiger partial charge in [-0.15, -0.1) is 6.58 Å². The van der Waals surface area contributed by atoms with Crippen LogP contribution in [0.2, 0.25) is 0 Å². The smallest absolute Gasteiger partial charge is 0.266 e. The van der Waals surface area contributed by atoms with Crippen LogP contribution in [0.3, 0.4) is 0 Å². The number of thiocarbonyl (C=S) groups is 1. The highest BCUT2D eigenvalue weighted by molar-refractivity contribution is 8.26. The Morgan fingerprint density at radius 3 is 2.76 bits per heavy atom. The van der Waals surface area contributed by atoms with Crippen molar-refractivity contribution in [1.29, 1.82) is 0 Å². The van der Waals surface area contributed by atoms with E-state index < -0.39 is 0 Å². The Labute approximate surface area is 159 Å². The van der Waals surface area contributed by atoms with Crippen LogP contribution in [0.15, 0.2) is 41.8 Å². The number of hydrogen-bond acceptors (Lipinski definition) is 4. The van der Waals surface area contributed by atoms with Crippen molar-refractivity contribution < 1.29 is 4.79 Å². The zero-order chi connectivity index (χ0) is 18.4. The average molecular weight is 371 g/mol. The summed E-state index contributed by atoms with van der Waals surface area (Å²) in [5, 5.41) is 0. The van der Waals surface area contributed by atoms with Gasteiger partial charge in [0.1, 0.15) is 4.32 Å². The Balaban J connectivity index is 1.97. The fourth-order valence-corrected chi connectivity index (χ4v) is 4.48. The first-order valence-corrected chi connectivity index (χ1v) is 9.41. The van der Waals surface area contributed by atoms with Crippen molar-refractivity contribution in [3.05, 3.63) is 53.0 Å². The molecule has 0 bridgehead atoms. The first-order chi connectivity index (χ1) is 11.7. The zero-order valence-electron chi connectivity index (χ0n) is 15.0. The minimum Gasteiger partial charge on any atom is -0.366 e. The predicted molar refractivity (Wildman–Crippen MR) is 113 cm³/mol. The van der Waals surface area contributed by atoms with Gasteiger partial charge in [-0.25, -0.2) is 0 Å². The summed E-state index contributed by atoms with van der Waals surface area (Å²) in [6, 6.07) is 6.33. The highest BCUT2D eigenvalue weighted by Crippen LogP contribution is 2.39. The van der Waals surface area contributed by atoms with E-state index in [1.165, 1.54) is 28.6 Å². The highest BCUT2D eigenvalue weighted by atomic mass is 32.2. The van der Waals surface area contributed by atoms with E-state index in [0.717, 1.165) is 5.56 Å². The summed E-state index contributed by atoms with van der Waals surface area (Å²) in [5.74, 6) is -0.0434. The molecule has 1 fully saturated rings. The molecular formula is C20H22N2OS2. The summed E-state index contributed by atoms with van der Waals surface area (Å²) >= 11 is 6.65. The largest absolute Gasteiger partial charge is 0.366 e. The quantitative estimate of drug-likeness (QED) is 0.437. The molecule has 0 aromatic heterocycles. The van der Waals surface area contributed by atoms with Crippen LogP contribution in [0.5, 0.6) is 0 Å². The number of amides is 1. The normalized spacial score (nSPS) is 20.8. The fourth-order valence-electron chi connectivity index (χ4n) is 3.20. The van der Waals surface area contributed by atoms with Crippen LogP contribution in [0, 0.1) is 0 Å². The van der Waals surface area contributed by atoms with Gasteiger partial charge in [0.25, 0.3) is 5.91 Å². The maximum absolute atomic E-state index is 12.5. The summed E-state index contributed by atoms with van der Waals surface area (Å²) in [6.45, 7) is 10.7. The van der Waals surface area contributed by atoms with Gasteiger partial charge in [-0.2, -0.15) is 0 Å². The third kappa shape index (κ3) is 3.18. The number of fused-ring (bicyclic) bond motifs is 1. The third-order valence-electron chi connectivity index (χ3n) is 4.72. The van der Waals surface area contributed by atoms with Crippen molar-refractivity contribution in [2.24, 2.45) is 0 Å². The van der Waals surface area contributed by atoms with Crippen molar-refractivity contribution in [1.82, 2.24) is 4.90 Å². The molecule has 1 aromatic rings. The number of nitrogens with zero attached hydrogens (tertiary/aromatic N) is 2. The second-order valence-corrected chi connectivity index (χ2v) is 8.57. The number of benzene rings is 1. The molecule has 2 aliphatic heterocycles. The highest BCUT2D eigenvalue weighted by Gasteiger charge is 2.31. The number of anilines is 1. The molecule has 0 saturated carbocycles. The minimum atomic E-state index is -0.0434. The van der Waals surface area contributed by atoms with Crippen molar-refractivity contribution in [3.8, 4) is 0 Å². The number of thioether (sulfide) groups is 1. The molecule has 1 saturated heterocycles. The van der Waals surface area contributed by atoms with Crippen LogP contribution < -0.4 is 4.90 Å². The van der Waals surface area contributed by atoms with Crippen molar-refractivity contribution in [3.63, 3.8) is 0 Å². The van der Waals surface area contributed by atoms with E-state index in [0.29, 0.717) is 15.8 Å². The Morgan fingerprint density at radius 2 is 2.08 bits per heavy atom. The van der Waals surface area contributed by atoms with Gasteiger partial charge in [0.15, 0.2) is 0 Å². The van der Waals surface area contributed by atoms with Gasteiger partial charge in [0.2, 0.25) is 0 Å². The second-order valence-electron chi connectivity index (χ2n) is 6.90. The minimum absolute atomic E-state index is 0.00822. The van der Waals surface area contributed by atoms with Crippen molar-refractivity contribution in [2.75, 3.05) is 18.5 Å². The van der Waals surface area contributed by atoms with Crippen LogP contribution in [0.4, 0.5) is 5.69 Å². The standard InChI is InChI=1S/C20H22N2OS2/c1-6-9-22-18(23)17(25-19(22)24)11-14-7-8-16-15(10-14)13(2)12-20(3,4)21(16)5/h6-8,10-12H,1,9H2,2-5H3/b17-11+. The molecular weight excluding hydrogens is 348 g/mol. The molecule has 5 heteroatoms. The maximum atomic E-state index is 12.5.